The molecule has 1 N–H and O–H groups in total. The number of hydrogen-bond acceptors (Lipinski definition) is 8. The fraction of sp³-hybridized carbons (Fsp3) is 0.409. The number of amides is 1. The number of aromatic nitrogens is 3. The number of hydrogen-bond donors (Lipinski definition) is 1. The molecular formula is C22H25N5O4S2. The summed E-state index contributed by atoms with van der Waals surface area (Å²) < 4.78 is 7.24. The van der Waals surface area contributed by atoms with Gasteiger partial charge >= 0.3 is 0 Å². The summed E-state index contributed by atoms with van der Waals surface area (Å²) in [6, 6.07) is 8.79. The van der Waals surface area contributed by atoms with Crippen LogP contribution >= 0.6 is 23.1 Å². The lowest BCUT2D eigenvalue weighted by Crippen LogP contribution is -2.18. The fourth-order valence-electron chi connectivity index (χ4n) is 4.01. The number of thioether (sulfide) groups is 1. The number of methoxy groups -OCH3 is 1. The number of thiophene rings is 1. The number of carbonyl (C=O) groups excluding carboxylic acids is 1. The van der Waals surface area contributed by atoms with Crippen LogP contribution in [0.4, 0.5) is 11.4 Å². The summed E-state index contributed by atoms with van der Waals surface area (Å²) in [6.45, 7) is 0. The number of nitrogens with zero attached hydrogens (tertiary/aromatic N) is 4. The van der Waals surface area contributed by atoms with Gasteiger partial charge in [-0.2, -0.15) is 0 Å². The Balaban J connectivity index is 1.48. The van der Waals surface area contributed by atoms with Gasteiger partial charge in [-0.05, 0) is 36.4 Å². The van der Waals surface area contributed by atoms with Crippen molar-refractivity contribution in [3.63, 3.8) is 0 Å². The number of ether oxygens (including phenoxy) is 1. The fourth-order valence-corrected chi connectivity index (χ4v) is 5.54. The van der Waals surface area contributed by atoms with Gasteiger partial charge in [0.2, 0.25) is 5.91 Å². The van der Waals surface area contributed by atoms with Crippen molar-refractivity contribution in [2.75, 3.05) is 18.2 Å². The van der Waals surface area contributed by atoms with E-state index in [9.17, 15) is 14.9 Å². The second kappa shape index (κ2) is 10.8. The van der Waals surface area contributed by atoms with E-state index in [1.165, 1.54) is 55.1 Å². The summed E-state index contributed by atoms with van der Waals surface area (Å²) in [5.74, 6) is 1.00. The average molecular weight is 488 g/mol. The minimum Gasteiger partial charge on any atom is -0.496 e. The molecule has 1 aromatic carbocycles. The largest absolute Gasteiger partial charge is 0.496 e. The average Bonchev–Trinajstić information content (AvgIpc) is 3.48. The molecule has 9 nitrogen and oxygen atoms in total. The van der Waals surface area contributed by atoms with E-state index in [1.54, 1.807) is 17.4 Å². The predicted molar refractivity (Wildman–Crippen MR) is 128 cm³/mol. The molecule has 0 radical (unpaired) electrons. The summed E-state index contributed by atoms with van der Waals surface area (Å²) in [4.78, 5) is 24.7. The van der Waals surface area contributed by atoms with Gasteiger partial charge in [-0.3, -0.25) is 14.9 Å². The maximum Gasteiger partial charge on any atom is 0.296 e. The molecule has 0 spiro atoms. The Hall–Kier alpha value is -2.92. The number of anilines is 1. The van der Waals surface area contributed by atoms with Gasteiger partial charge in [0.25, 0.3) is 5.69 Å². The highest BCUT2D eigenvalue weighted by Gasteiger charge is 2.24. The molecule has 11 heteroatoms. The van der Waals surface area contributed by atoms with Gasteiger partial charge in [-0.25, -0.2) is 0 Å². The van der Waals surface area contributed by atoms with E-state index in [4.69, 9.17) is 4.74 Å². The minimum atomic E-state index is -0.540. The van der Waals surface area contributed by atoms with Gasteiger partial charge in [0.05, 0.1) is 23.9 Å². The summed E-state index contributed by atoms with van der Waals surface area (Å²) >= 11 is 3.00. The lowest BCUT2D eigenvalue weighted by atomic mass is 9.95. The molecule has 1 amide bonds. The van der Waals surface area contributed by atoms with E-state index >= 15 is 0 Å². The zero-order valence-electron chi connectivity index (χ0n) is 18.2. The third kappa shape index (κ3) is 5.72. The molecule has 174 valence electrons. The van der Waals surface area contributed by atoms with Crippen LogP contribution < -0.4 is 10.1 Å². The molecule has 3 aromatic rings. The van der Waals surface area contributed by atoms with Crippen LogP contribution in [0.5, 0.6) is 5.75 Å². The Morgan fingerprint density at radius 3 is 2.82 bits per heavy atom. The van der Waals surface area contributed by atoms with Crippen molar-refractivity contribution < 1.29 is 14.5 Å². The molecule has 4 rings (SSSR count). The number of carbonyl (C=O) groups is 1. The van der Waals surface area contributed by atoms with Gasteiger partial charge in [0.15, 0.2) is 5.16 Å². The first kappa shape index (κ1) is 23.2. The lowest BCUT2D eigenvalue weighted by molar-refractivity contribution is -0.384. The first-order chi connectivity index (χ1) is 16.0. The van der Waals surface area contributed by atoms with Crippen LogP contribution in [0.2, 0.25) is 0 Å². The topological polar surface area (TPSA) is 112 Å². The Kier molecular flexibility index (Phi) is 7.61. The summed E-state index contributed by atoms with van der Waals surface area (Å²) in [6.07, 6.45) is 6.46. The molecule has 1 aliphatic carbocycles. The highest BCUT2D eigenvalue weighted by Crippen LogP contribution is 2.34. The second-order valence-corrected chi connectivity index (χ2v) is 9.77. The molecule has 2 aromatic heterocycles. The van der Waals surface area contributed by atoms with Gasteiger partial charge < -0.3 is 14.6 Å². The van der Waals surface area contributed by atoms with Crippen LogP contribution in [0.3, 0.4) is 0 Å². The zero-order valence-corrected chi connectivity index (χ0v) is 19.9. The molecule has 0 aliphatic heterocycles. The molecule has 0 saturated heterocycles. The Morgan fingerprint density at radius 1 is 1.30 bits per heavy atom. The van der Waals surface area contributed by atoms with Gasteiger partial charge in [0.1, 0.15) is 17.3 Å². The van der Waals surface area contributed by atoms with Crippen molar-refractivity contribution in [1.29, 1.82) is 0 Å². The normalized spacial score (nSPS) is 14.2. The van der Waals surface area contributed by atoms with Gasteiger partial charge in [-0.15, -0.1) is 21.5 Å². The molecule has 1 aliphatic rings. The standard InChI is InChI=1S/C22H25N5O4S2/c1-31-16-9-10-18(19(12-16)27(29)30)23-21(28)14-33-22-25-24-20(13-17-8-5-11-32-17)26(22)15-6-3-2-4-7-15/h5,8-12,15H,2-4,6-7,13-14H2,1H3,(H,23,28). The number of nitro groups is 1. The van der Waals surface area contributed by atoms with Crippen LogP contribution in [0, 0.1) is 10.1 Å². The van der Waals surface area contributed by atoms with E-state index in [0.29, 0.717) is 23.4 Å². The molecule has 0 unspecified atom stereocenters. The smallest absolute Gasteiger partial charge is 0.296 e. The zero-order chi connectivity index (χ0) is 23.2. The first-order valence-electron chi connectivity index (χ1n) is 10.8. The van der Waals surface area contributed by atoms with E-state index in [2.05, 4.69) is 31.5 Å². The van der Waals surface area contributed by atoms with Crippen LogP contribution in [0.15, 0.2) is 40.9 Å². The highest BCUT2D eigenvalue weighted by molar-refractivity contribution is 7.99. The SMILES string of the molecule is COc1ccc(NC(=O)CSc2nnc(Cc3cccs3)n2C2CCCCC2)c([N+](=O)[O-])c1. The summed E-state index contributed by atoms with van der Waals surface area (Å²) in [5.41, 5.74) is -0.0742. The maximum absolute atomic E-state index is 12.6. The van der Waals surface area contributed by atoms with Crippen LogP contribution in [0.25, 0.3) is 0 Å². The highest BCUT2D eigenvalue weighted by atomic mass is 32.2. The van der Waals surface area contributed by atoms with Crippen molar-refractivity contribution in [3.05, 3.63) is 56.5 Å². The third-order valence-corrected chi connectivity index (χ3v) is 7.41. The lowest BCUT2D eigenvalue weighted by Gasteiger charge is -2.25. The van der Waals surface area contributed by atoms with Crippen LogP contribution in [0.1, 0.15) is 48.8 Å². The third-order valence-electron chi connectivity index (χ3n) is 5.60. The number of nitrogens with one attached hydrogen (secondary N) is 1. The van der Waals surface area contributed by atoms with Crippen molar-refractivity contribution in [2.45, 2.75) is 49.7 Å². The quantitative estimate of drug-likeness (QED) is 0.254. The Bertz CT molecular complexity index is 1110. The van der Waals surface area contributed by atoms with Crippen molar-refractivity contribution in [3.8, 4) is 5.75 Å². The van der Waals surface area contributed by atoms with Crippen molar-refractivity contribution >= 4 is 40.4 Å². The molecule has 2 heterocycles. The van der Waals surface area contributed by atoms with Crippen molar-refractivity contribution in [2.24, 2.45) is 0 Å². The Labute approximate surface area is 199 Å². The van der Waals surface area contributed by atoms with Crippen LogP contribution in [-0.4, -0.2) is 38.5 Å². The second-order valence-electron chi connectivity index (χ2n) is 7.79. The van der Waals surface area contributed by atoms with E-state index in [0.717, 1.165) is 18.7 Å². The Morgan fingerprint density at radius 2 is 2.12 bits per heavy atom. The molecule has 0 bridgehead atoms. The maximum atomic E-state index is 12.6. The van der Waals surface area contributed by atoms with Gasteiger partial charge in [-0.1, -0.05) is 37.1 Å². The van der Waals surface area contributed by atoms with E-state index in [1.807, 2.05) is 6.07 Å². The summed E-state index contributed by atoms with van der Waals surface area (Å²) in [5, 5.41) is 25.6. The monoisotopic (exact) mass is 487 g/mol. The predicted octanol–water partition coefficient (Wildman–Crippen LogP) is 5.08. The summed E-state index contributed by atoms with van der Waals surface area (Å²) in [7, 11) is 1.43. The molecular weight excluding hydrogens is 462 g/mol. The first-order valence-corrected chi connectivity index (χ1v) is 12.6. The number of benzene rings is 1. The van der Waals surface area contributed by atoms with Crippen molar-refractivity contribution in [1.82, 2.24) is 14.8 Å². The number of rotatable bonds is 9. The van der Waals surface area contributed by atoms with E-state index < -0.39 is 4.92 Å². The number of nitro benzene ring substituents is 1. The van der Waals surface area contributed by atoms with Gasteiger partial charge in [0, 0.05) is 17.3 Å². The molecule has 1 fully saturated rings. The minimum absolute atomic E-state index is 0.0764. The van der Waals surface area contributed by atoms with Crippen LogP contribution in [-0.2, 0) is 11.2 Å². The molecule has 33 heavy (non-hydrogen) atoms. The molecule has 0 atom stereocenters. The van der Waals surface area contributed by atoms with E-state index in [-0.39, 0.29) is 23.0 Å². The molecule has 1 saturated carbocycles.